The second-order valence-corrected chi connectivity index (χ2v) is 6.60. The van der Waals surface area contributed by atoms with Gasteiger partial charge in [0.05, 0.1) is 13.1 Å². The second-order valence-electron chi connectivity index (χ2n) is 6.60. The molecule has 0 saturated carbocycles. The Hall–Kier alpha value is -2.27. The molecule has 0 spiro atoms. The van der Waals surface area contributed by atoms with Gasteiger partial charge in [-0.2, -0.15) is 0 Å². The van der Waals surface area contributed by atoms with Gasteiger partial charge in [-0.05, 0) is 37.0 Å². The highest BCUT2D eigenvalue weighted by Crippen LogP contribution is 2.11. The number of likely N-dealkylation sites (tertiary alicyclic amines) is 1. The molecular formula is C20H23F2N2O+. The molecule has 2 aromatic rings. The summed E-state index contributed by atoms with van der Waals surface area (Å²) in [5, 5.41) is 2.77. The first-order valence-electron chi connectivity index (χ1n) is 8.76. The summed E-state index contributed by atoms with van der Waals surface area (Å²) in [4.78, 5) is 13.7. The highest BCUT2D eigenvalue weighted by atomic mass is 19.1. The van der Waals surface area contributed by atoms with Crippen LogP contribution in [0.15, 0.2) is 42.5 Å². The van der Waals surface area contributed by atoms with Crippen molar-refractivity contribution in [3.05, 3.63) is 70.8 Å². The fourth-order valence-electron chi connectivity index (χ4n) is 3.36. The fraction of sp³-hybridized carbons (Fsp3) is 0.350. The molecule has 3 nitrogen and oxygen atoms in total. The first kappa shape index (κ1) is 17.5. The van der Waals surface area contributed by atoms with Crippen molar-refractivity contribution in [2.45, 2.75) is 32.4 Å². The van der Waals surface area contributed by atoms with E-state index in [1.807, 2.05) is 18.2 Å². The Morgan fingerprint density at radius 3 is 2.28 bits per heavy atom. The zero-order valence-electron chi connectivity index (χ0n) is 14.2. The van der Waals surface area contributed by atoms with Gasteiger partial charge in [-0.15, -0.1) is 0 Å². The lowest BCUT2D eigenvalue weighted by Gasteiger charge is -2.24. The molecule has 0 unspecified atom stereocenters. The van der Waals surface area contributed by atoms with E-state index in [9.17, 15) is 13.6 Å². The molecule has 132 valence electrons. The van der Waals surface area contributed by atoms with Crippen LogP contribution in [-0.2, 0) is 13.1 Å². The third-order valence-electron chi connectivity index (χ3n) is 4.68. The molecule has 0 radical (unpaired) electrons. The Balaban J connectivity index is 1.65. The predicted molar refractivity (Wildman–Crippen MR) is 92.2 cm³/mol. The summed E-state index contributed by atoms with van der Waals surface area (Å²) < 4.78 is 26.5. The molecule has 1 saturated heterocycles. The lowest BCUT2D eigenvalue weighted by molar-refractivity contribution is -0.918. The Morgan fingerprint density at radius 1 is 0.960 bits per heavy atom. The zero-order chi connectivity index (χ0) is 17.6. The normalized spacial score (nSPS) is 15.1. The maximum absolute atomic E-state index is 13.3. The van der Waals surface area contributed by atoms with Gasteiger partial charge >= 0.3 is 0 Å². The molecule has 1 aliphatic rings. The van der Waals surface area contributed by atoms with Crippen LogP contribution >= 0.6 is 0 Å². The Morgan fingerprint density at radius 2 is 1.60 bits per heavy atom. The van der Waals surface area contributed by atoms with Crippen molar-refractivity contribution in [2.24, 2.45) is 0 Å². The molecule has 3 rings (SSSR count). The van der Waals surface area contributed by atoms with Crippen LogP contribution in [0.25, 0.3) is 0 Å². The number of hydrogen-bond acceptors (Lipinski definition) is 1. The molecule has 0 aliphatic carbocycles. The number of rotatable bonds is 5. The zero-order valence-corrected chi connectivity index (χ0v) is 14.2. The summed E-state index contributed by atoms with van der Waals surface area (Å²) >= 11 is 0. The minimum atomic E-state index is -0.751. The van der Waals surface area contributed by atoms with Crippen molar-refractivity contribution < 1.29 is 18.5 Å². The molecule has 1 heterocycles. The summed E-state index contributed by atoms with van der Waals surface area (Å²) in [6, 6.07) is 10.9. The summed E-state index contributed by atoms with van der Waals surface area (Å²) in [5.74, 6) is -1.97. The number of carbonyl (C=O) groups is 1. The lowest BCUT2D eigenvalue weighted by atomic mass is 10.0. The van der Waals surface area contributed by atoms with Crippen molar-refractivity contribution >= 4 is 5.91 Å². The third-order valence-corrected chi connectivity index (χ3v) is 4.68. The average Bonchev–Trinajstić information content (AvgIpc) is 2.61. The standard InChI is InChI=1S/C20H22F2N2O/c21-18-10-17(11-19(22)12-18)20(25)23-13-15-6-2-3-7-16(15)14-24-8-4-1-5-9-24/h2-3,6-7,10-12H,1,4-5,8-9,13-14H2,(H,23,25)/p+1. The van der Waals surface area contributed by atoms with E-state index in [2.05, 4.69) is 11.4 Å². The van der Waals surface area contributed by atoms with Gasteiger partial charge in [0.15, 0.2) is 0 Å². The smallest absolute Gasteiger partial charge is 0.251 e. The van der Waals surface area contributed by atoms with Crippen LogP contribution in [0, 0.1) is 11.6 Å². The number of nitrogens with one attached hydrogen (secondary N) is 2. The van der Waals surface area contributed by atoms with Crippen molar-refractivity contribution in [1.82, 2.24) is 5.32 Å². The maximum atomic E-state index is 13.3. The third kappa shape index (κ3) is 4.86. The monoisotopic (exact) mass is 345 g/mol. The number of benzene rings is 2. The van der Waals surface area contributed by atoms with E-state index in [1.165, 1.54) is 37.9 Å². The summed E-state index contributed by atoms with van der Waals surface area (Å²) in [5.41, 5.74) is 2.26. The van der Waals surface area contributed by atoms with E-state index in [1.54, 1.807) is 4.90 Å². The number of amides is 1. The molecule has 1 amide bonds. The van der Waals surface area contributed by atoms with Gasteiger partial charge in [-0.25, -0.2) is 8.78 Å². The number of quaternary nitrogens is 1. The van der Waals surface area contributed by atoms with E-state index >= 15 is 0 Å². The van der Waals surface area contributed by atoms with Gasteiger partial charge in [-0.3, -0.25) is 4.79 Å². The van der Waals surface area contributed by atoms with Crippen LogP contribution in [0.5, 0.6) is 0 Å². The molecule has 5 heteroatoms. The Kier molecular flexibility index (Phi) is 5.76. The molecule has 0 aromatic heterocycles. The van der Waals surface area contributed by atoms with Gasteiger partial charge in [0.25, 0.3) is 5.91 Å². The fourth-order valence-corrected chi connectivity index (χ4v) is 3.36. The van der Waals surface area contributed by atoms with E-state index in [0.29, 0.717) is 6.54 Å². The van der Waals surface area contributed by atoms with Crippen molar-refractivity contribution in [1.29, 1.82) is 0 Å². The SMILES string of the molecule is O=C(NCc1ccccc1C[NH+]1CCCCC1)c1cc(F)cc(F)c1. The molecule has 2 N–H and O–H groups in total. The molecule has 1 fully saturated rings. The summed E-state index contributed by atoms with van der Waals surface area (Å²) in [6.45, 7) is 3.66. The summed E-state index contributed by atoms with van der Waals surface area (Å²) in [7, 11) is 0. The van der Waals surface area contributed by atoms with Crippen LogP contribution in [0.3, 0.4) is 0 Å². The number of carbonyl (C=O) groups excluding carboxylic acids is 1. The van der Waals surface area contributed by atoms with Crippen LogP contribution in [0.1, 0.15) is 40.7 Å². The van der Waals surface area contributed by atoms with Gasteiger partial charge in [0, 0.05) is 23.7 Å². The van der Waals surface area contributed by atoms with Gasteiger partial charge in [0.2, 0.25) is 0 Å². The van der Waals surface area contributed by atoms with E-state index in [-0.39, 0.29) is 5.56 Å². The van der Waals surface area contributed by atoms with Crippen LogP contribution < -0.4 is 10.2 Å². The number of halogens is 2. The highest BCUT2D eigenvalue weighted by Gasteiger charge is 2.16. The lowest BCUT2D eigenvalue weighted by Crippen LogP contribution is -3.11. The predicted octanol–water partition coefficient (Wildman–Crippen LogP) is 2.46. The van der Waals surface area contributed by atoms with Crippen molar-refractivity contribution in [2.75, 3.05) is 13.1 Å². The molecule has 0 atom stereocenters. The molecule has 0 bridgehead atoms. The highest BCUT2D eigenvalue weighted by molar-refractivity contribution is 5.94. The minimum Gasteiger partial charge on any atom is -0.348 e. The average molecular weight is 345 g/mol. The van der Waals surface area contributed by atoms with Crippen molar-refractivity contribution in [3.63, 3.8) is 0 Å². The first-order valence-corrected chi connectivity index (χ1v) is 8.76. The number of piperidine rings is 1. The second kappa shape index (κ2) is 8.21. The van der Waals surface area contributed by atoms with Gasteiger partial charge in [0.1, 0.15) is 18.2 Å². The van der Waals surface area contributed by atoms with Gasteiger partial charge in [-0.1, -0.05) is 24.3 Å². The quantitative estimate of drug-likeness (QED) is 0.858. The minimum absolute atomic E-state index is 0.00311. The molecule has 2 aromatic carbocycles. The Labute approximate surface area is 146 Å². The largest absolute Gasteiger partial charge is 0.348 e. The van der Waals surface area contributed by atoms with E-state index in [0.717, 1.165) is 30.3 Å². The van der Waals surface area contributed by atoms with Crippen LogP contribution in [0.2, 0.25) is 0 Å². The maximum Gasteiger partial charge on any atom is 0.251 e. The number of hydrogen-bond donors (Lipinski definition) is 2. The van der Waals surface area contributed by atoms with Gasteiger partial charge < -0.3 is 10.2 Å². The first-order chi connectivity index (χ1) is 12.1. The molecule has 25 heavy (non-hydrogen) atoms. The van der Waals surface area contributed by atoms with E-state index < -0.39 is 17.5 Å². The Bertz CT molecular complexity index is 722. The van der Waals surface area contributed by atoms with E-state index in [4.69, 9.17) is 0 Å². The van der Waals surface area contributed by atoms with Crippen LogP contribution in [-0.4, -0.2) is 19.0 Å². The molecule has 1 aliphatic heterocycles. The molecular weight excluding hydrogens is 322 g/mol. The topological polar surface area (TPSA) is 33.5 Å². The van der Waals surface area contributed by atoms with Crippen LogP contribution in [0.4, 0.5) is 8.78 Å². The van der Waals surface area contributed by atoms with Crippen molar-refractivity contribution in [3.8, 4) is 0 Å². The summed E-state index contributed by atoms with van der Waals surface area (Å²) in [6.07, 6.45) is 3.84.